The average Bonchev–Trinajstić information content (AvgIpc) is 2.40. The lowest BCUT2D eigenvalue weighted by Gasteiger charge is -2.10. The van der Waals surface area contributed by atoms with Crippen molar-refractivity contribution >= 4 is 29.2 Å². The van der Waals surface area contributed by atoms with Gasteiger partial charge in [-0.15, -0.1) is 0 Å². The van der Waals surface area contributed by atoms with Crippen LogP contribution in [0.2, 0.25) is 5.02 Å². The van der Waals surface area contributed by atoms with Crippen molar-refractivity contribution in [1.29, 1.82) is 0 Å². The van der Waals surface area contributed by atoms with E-state index in [0.717, 1.165) is 5.56 Å². The Morgan fingerprint density at radius 2 is 2.05 bits per heavy atom. The number of aryl methyl sites for hydroxylation is 1. The van der Waals surface area contributed by atoms with Crippen molar-refractivity contribution in [3.63, 3.8) is 0 Å². The number of carbonyl (C=O) groups excluding carboxylic acids is 1. The van der Waals surface area contributed by atoms with E-state index < -0.39 is 11.9 Å². The number of halogens is 1. The molecule has 0 saturated heterocycles. The van der Waals surface area contributed by atoms with Crippen LogP contribution in [0.1, 0.15) is 26.3 Å². The first-order valence-electron chi connectivity index (χ1n) is 5.74. The molecular weight excluding hydrogens is 280 g/mol. The van der Waals surface area contributed by atoms with E-state index in [0.29, 0.717) is 5.56 Å². The zero-order valence-electron chi connectivity index (χ0n) is 10.6. The highest BCUT2D eigenvalue weighted by Crippen LogP contribution is 2.26. The second-order valence-corrected chi connectivity index (χ2v) is 4.58. The van der Waals surface area contributed by atoms with E-state index in [4.69, 9.17) is 16.7 Å². The predicted molar refractivity (Wildman–Crippen MR) is 75.3 cm³/mol. The molecule has 0 fully saturated rings. The molecule has 0 bridgehead atoms. The Hall–Kier alpha value is -2.40. The molecule has 6 heteroatoms. The smallest absolute Gasteiger partial charge is 0.337 e. The minimum atomic E-state index is -1.16. The number of nitrogens with one attached hydrogen (secondary N) is 1. The topological polar surface area (TPSA) is 79.3 Å². The summed E-state index contributed by atoms with van der Waals surface area (Å²) in [6.07, 6.45) is 3.02. The number of nitrogens with zero attached hydrogens (tertiary/aromatic N) is 1. The molecule has 102 valence electrons. The van der Waals surface area contributed by atoms with Gasteiger partial charge in [-0.25, -0.2) is 4.79 Å². The summed E-state index contributed by atoms with van der Waals surface area (Å²) in [6, 6.07) is 6.05. The van der Waals surface area contributed by atoms with E-state index in [1.165, 1.54) is 24.4 Å². The molecule has 0 radical (unpaired) electrons. The highest BCUT2D eigenvalue weighted by atomic mass is 35.5. The van der Waals surface area contributed by atoms with Gasteiger partial charge in [0.05, 0.1) is 21.8 Å². The third-order valence-corrected chi connectivity index (χ3v) is 2.93. The molecule has 20 heavy (non-hydrogen) atoms. The summed E-state index contributed by atoms with van der Waals surface area (Å²) in [5.41, 5.74) is 1.18. The Morgan fingerprint density at radius 3 is 2.70 bits per heavy atom. The molecule has 0 saturated carbocycles. The number of carboxylic acids is 1. The van der Waals surface area contributed by atoms with E-state index in [2.05, 4.69) is 10.3 Å². The van der Waals surface area contributed by atoms with Crippen molar-refractivity contribution in [2.45, 2.75) is 6.92 Å². The number of amides is 1. The first-order valence-corrected chi connectivity index (χ1v) is 6.11. The van der Waals surface area contributed by atoms with Gasteiger partial charge in [0.25, 0.3) is 5.91 Å². The summed E-state index contributed by atoms with van der Waals surface area (Å²) in [7, 11) is 0. The van der Waals surface area contributed by atoms with Crippen molar-refractivity contribution in [1.82, 2.24) is 4.98 Å². The van der Waals surface area contributed by atoms with Crippen LogP contribution in [0.5, 0.6) is 0 Å². The Kier molecular flexibility index (Phi) is 4.00. The first-order chi connectivity index (χ1) is 9.49. The summed E-state index contributed by atoms with van der Waals surface area (Å²) in [5.74, 6) is -1.62. The minimum absolute atomic E-state index is 0.0635. The summed E-state index contributed by atoms with van der Waals surface area (Å²) in [4.78, 5) is 27.1. The number of carbonyl (C=O) groups is 2. The molecule has 0 unspecified atom stereocenters. The number of para-hydroxylation sites is 1. The third-order valence-electron chi connectivity index (χ3n) is 2.62. The number of pyridine rings is 1. The maximum Gasteiger partial charge on any atom is 0.337 e. The van der Waals surface area contributed by atoms with Crippen LogP contribution in [0.15, 0.2) is 36.7 Å². The van der Waals surface area contributed by atoms with Gasteiger partial charge in [-0.3, -0.25) is 9.78 Å². The Morgan fingerprint density at radius 1 is 1.30 bits per heavy atom. The SMILES string of the molecule is Cc1cncc(C(=O)Nc2c(Cl)cccc2C(=O)O)c1. The number of benzene rings is 1. The number of aromatic nitrogens is 1. The molecule has 0 aliphatic heterocycles. The molecule has 2 rings (SSSR count). The second kappa shape index (κ2) is 5.71. The quantitative estimate of drug-likeness (QED) is 0.911. The van der Waals surface area contributed by atoms with Crippen LogP contribution < -0.4 is 5.32 Å². The lowest BCUT2D eigenvalue weighted by atomic mass is 10.1. The molecule has 2 N–H and O–H groups in total. The molecule has 1 aromatic heterocycles. The van der Waals surface area contributed by atoms with E-state index in [-0.39, 0.29) is 16.3 Å². The lowest BCUT2D eigenvalue weighted by molar-refractivity contribution is 0.0698. The van der Waals surface area contributed by atoms with Gasteiger partial charge in [0.15, 0.2) is 0 Å². The maximum absolute atomic E-state index is 12.1. The first kappa shape index (κ1) is 14.0. The molecule has 1 amide bonds. The second-order valence-electron chi connectivity index (χ2n) is 4.17. The van der Waals surface area contributed by atoms with Gasteiger partial charge in [0, 0.05) is 12.4 Å². The van der Waals surface area contributed by atoms with Crippen LogP contribution in [0.4, 0.5) is 5.69 Å². The van der Waals surface area contributed by atoms with Crippen molar-refractivity contribution < 1.29 is 14.7 Å². The number of hydrogen-bond donors (Lipinski definition) is 2. The number of rotatable bonds is 3. The van der Waals surface area contributed by atoms with Gasteiger partial charge in [-0.05, 0) is 30.7 Å². The standard InChI is InChI=1S/C14H11ClN2O3/c1-8-5-9(7-16-6-8)13(18)17-12-10(14(19)20)3-2-4-11(12)15/h2-7H,1H3,(H,17,18)(H,19,20). The fourth-order valence-electron chi connectivity index (χ4n) is 1.69. The Balaban J connectivity index is 2.35. The fraction of sp³-hybridized carbons (Fsp3) is 0.0714. The molecule has 1 aromatic carbocycles. The van der Waals surface area contributed by atoms with Gasteiger partial charge >= 0.3 is 5.97 Å². The monoisotopic (exact) mass is 290 g/mol. The van der Waals surface area contributed by atoms with Gasteiger partial charge in [0.1, 0.15) is 0 Å². The Labute approximate surface area is 120 Å². The van der Waals surface area contributed by atoms with Crippen LogP contribution in [-0.4, -0.2) is 22.0 Å². The highest BCUT2D eigenvalue weighted by molar-refractivity contribution is 6.34. The summed E-state index contributed by atoms with van der Waals surface area (Å²) < 4.78 is 0. The van der Waals surface area contributed by atoms with E-state index in [1.807, 2.05) is 6.92 Å². The maximum atomic E-state index is 12.1. The Bertz CT molecular complexity index is 686. The molecule has 1 heterocycles. The highest BCUT2D eigenvalue weighted by Gasteiger charge is 2.16. The van der Waals surface area contributed by atoms with Crippen LogP contribution in [-0.2, 0) is 0 Å². The summed E-state index contributed by atoms with van der Waals surface area (Å²) in [6.45, 7) is 1.81. The van der Waals surface area contributed by atoms with Crippen LogP contribution in [0, 0.1) is 6.92 Å². The van der Waals surface area contributed by atoms with Crippen LogP contribution >= 0.6 is 11.6 Å². The van der Waals surface area contributed by atoms with Gasteiger partial charge < -0.3 is 10.4 Å². The predicted octanol–water partition coefficient (Wildman–Crippen LogP) is 2.99. The van der Waals surface area contributed by atoms with Gasteiger partial charge in [0.2, 0.25) is 0 Å². The normalized spacial score (nSPS) is 10.1. The molecule has 2 aromatic rings. The molecule has 5 nitrogen and oxygen atoms in total. The largest absolute Gasteiger partial charge is 0.478 e. The van der Waals surface area contributed by atoms with E-state index in [9.17, 15) is 9.59 Å². The van der Waals surface area contributed by atoms with E-state index >= 15 is 0 Å². The van der Waals surface area contributed by atoms with Crippen molar-refractivity contribution in [2.75, 3.05) is 5.32 Å². The van der Waals surface area contributed by atoms with Crippen LogP contribution in [0.3, 0.4) is 0 Å². The van der Waals surface area contributed by atoms with Gasteiger partial charge in [-0.1, -0.05) is 17.7 Å². The molecule has 0 atom stereocenters. The van der Waals surface area contributed by atoms with Gasteiger partial charge in [-0.2, -0.15) is 0 Å². The molecule has 0 aliphatic carbocycles. The average molecular weight is 291 g/mol. The number of carboxylic acid groups (broad SMARTS) is 1. The number of aromatic carboxylic acids is 1. The van der Waals surface area contributed by atoms with Crippen molar-refractivity contribution in [3.05, 3.63) is 58.4 Å². The zero-order chi connectivity index (χ0) is 14.7. The fourth-order valence-corrected chi connectivity index (χ4v) is 1.92. The van der Waals surface area contributed by atoms with Crippen LogP contribution in [0.25, 0.3) is 0 Å². The van der Waals surface area contributed by atoms with E-state index in [1.54, 1.807) is 12.3 Å². The molecule has 0 aliphatic rings. The third kappa shape index (κ3) is 2.95. The molecule has 0 spiro atoms. The van der Waals surface area contributed by atoms with Crippen molar-refractivity contribution in [3.8, 4) is 0 Å². The lowest BCUT2D eigenvalue weighted by Crippen LogP contribution is -2.15. The van der Waals surface area contributed by atoms with Crippen molar-refractivity contribution in [2.24, 2.45) is 0 Å². The summed E-state index contributed by atoms with van der Waals surface area (Å²) >= 11 is 5.94. The number of hydrogen-bond acceptors (Lipinski definition) is 3. The summed E-state index contributed by atoms with van der Waals surface area (Å²) in [5, 5.41) is 11.8. The molecular formula is C14H11ClN2O3. The zero-order valence-corrected chi connectivity index (χ0v) is 11.3. The minimum Gasteiger partial charge on any atom is -0.478 e. The number of anilines is 1.